The molecule has 0 unspecified atom stereocenters. The fourth-order valence-corrected chi connectivity index (χ4v) is 12.9. The molecule has 3 nitrogen and oxygen atoms in total. The molecule has 0 bridgehead atoms. The fourth-order valence-electron chi connectivity index (χ4n) is 11.6. The molecule has 4 heterocycles. The summed E-state index contributed by atoms with van der Waals surface area (Å²) < 4.78 is 9.88. The highest BCUT2D eigenvalue weighted by Gasteiger charge is 2.51. The Bertz CT molecular complexity index is 3660. The van der Waals surface area contributed by atoms with Crippen LogP contribution >= 0.6 is 11.3 Å². The predicted molar refractivity (Wildman–Crippen MR) is 283 cm³/mol. The van der Waals surface area contributed by atoms with Crippen LogP contribution in [0, 0.1) is 0 Å². The first kappa shape index (κ1) is 39.5. The Morgan fingerprint density at radius 1 is 0.530 bits per heavy atom. The molecule has 0 saturated carbocycles. The van der Waals surface area contributed by atoms with Crippen LogP contribution in [0.3, 0.4) is 0 Å². The molecule has 10 aromatic rings. The highest BCUT2D eigenvalue weighted by molar-refractivity contribution is 7.32. The molecule has 320 valence electrons. The first-order valence-electron chi connectivity index (χ1n) is 23.5. The van der Waals surface area contributed by atoms with E-state index in [0.29, 0.717) is 0 Å². The van der Waals surface area contributed by atoms with Crippen LogP contribution in [0.2, 0.25) is 0 Å². The summed E-state index contributed by atoms with van der Waals surface area (Å²) in [7, 11) is 0. The van der Waals surface area contributed by atoms with Crippen LogP contribution in [0.25, 0.3) is 65.4 Å². The summed E-state index contributed by atoms with van der Waals surface area (Å²) in [5, 5.41) is 3.53. The lowest BCUT2D eigenvalue weighted by atomic mass is 9.46. The van der Waals surface area contributed by atoms with Gasteiger partial charge in [-0.1, -0.05) is 171 Å². The lowest BCUT2D eigenvalue weighted by molar-refractivity contribution is 0.590. The molecule has 0 spiro atoms. The molecule has 13 rings (SSSR count). The Morgan fingerprint density at radius 3 is 1.97 bits per heavy atom. The van der Waals surface area contributed by atoms with Crippen LogP contribution in [0.1, 0.15) is 77.6 Å². The quantitative estimate of drug-likeness (QED) is 0.165. The summed E-state index contributed by atoms with van der Waals surface area (Å²) >= 11 is 1.94. The van der Waals surface area contributed by atoms with Crippen LogP contribution in [0.5, 0.6) is 0 Å². The Balaban J connectivity index is 1.24. The minimum Gasteiger partial charge on any atom is -0.455 e. The molecule has 1 aliphatic carbocycles. The van der Waals surface area contributed by atoms with E-state index in [9.17, 15) is 0 Å². The van der Waals surface area contributed by atoms with Crippen molar-refractivity contribution in [3.63, 3.8) is 0 Å². The molecular formula is C61H51BN2OS. The number of benzene rings is 8. The third-order valence-electron chi connectivity index (χ3n) is 15.0. The second-order valence-corrected chi connectivity index (χ2v) is 22.4. The number of hydrogen-bond donors (Lipinski definition) is 0. The van der Waals surface area contributed by atoms with Gasteiger partial charge in [0.25, 0.3) is 0 Å². The molecule has 0 saturated heterocycles. The van der Waals surface area contributed by atoms with E-state index >= 15 is 0 Å². The predicted octanol–water partition coefficient (Wildman–Crippen LogP) is 16.1. The average Bonchev–Trinajstić information content (AvgIpc) is 3.96. The molecule has 8 aromatic carbocycles. The molecule has 0 N–H and O–H groups in total. The number of thiophene rings is 1. The van der Waals surface area contributed by atoms with E-state index in [4.69, 9.17) is 4.42 Å². The number of furan rings is 1. The van der Waals surface area contributed by atoms with Gasteiger partial charge in [-0.15, -0.1) is 11.3 Å². The maximum Gasteiger partial charge on any atom is 0.343 e. The molecule has 5 heteroatoms. The highest BCUT2D eigenvalue weighted by Crippen LogP contribution is 2.60. The van der Waals surface area contributed by atoms with E-state index in [-0.39, 0.29) is 23.1 Å². The van der Waals surface area contributed by atoms with Crippen molar-refractivity contribution in [1.82, 2.24) is 0 Å². The van der Waals surface area contributed by atoms with Crippen molar-refractivity contribution in [3.05, 3.63) is 186 Å². The highest BCUT2D eigenvalue weighted by atomic mass is 32.1. The molecular weight excluding hydrogens is 820 g/mol. The van der Waals surface area contributed by atoms with Crippen LogP contribution in [-0.4, -0.2) is 6.85 Å². The van der Waals surface area contributed by atoms with Gasteiger partial charge in [-0.05, 0) is 104 Å². The number of hydrogen-bond acceptors (Lipinski definition) is 4. The van der Waals surface area contributed by atoms with E-state index in [1.807, 2.05) is 11.3 Å². The maximum atomic E-state index is 7.27. The SMILES string of the molecule is CC(C)(C)c1ccc(N2B3c4sc5ccccc5c4N(c4ccc(C(C)(C)C)cc4-c4ccccc4)c4cc5c(oc6ccccc65)c(c43)-c3c2ccc2c3-c3ccccc3C2(C)C)cc1. The minimum atomic E-state index is -0.192. The van der Waals surface area contributed by atoms with Gasteiger partial charge in [0.05, 0.1) is 11.4 Å². The van der Waals surface area contributed by atoms with Crippen molar-refractivity contribution >= 4 is 88.9 Å². The van der Waals surface area contributed by atoms with Crippen LogP contribution in [0.4, 0.5) is 28.4 Å². The standard InChI is InChI=1S/C61H51BN2OS/c1-59(2,3)37-26-29-39(30-27-37)64-48-33-31-46-52(41-21-12-15-23-45(41)61(46,7)8)53(48)54-55-49(35-44-40-20-13-16-24-50(40)65-57(44)54)63(56-42-22-14-17-25-51(42)66-58(56)62(55)64)47-32-28-38(60(4,5)6)34-43(47)36-18-10-9-11-19-36/h9-35H,1-8H3. The summed E-state index contributed by atoms with van der Waals surface area (Å²) in [5.41, 5.74) is 21.7. The van der Waals surface area contributed by atoms with Crippen molar-refractivity contribution < 1.29 is 4.42 Å². The van der Waals surface area contributed by atoms with Crippen molar-refractivity contribution in [2.45, 2.75) is 71.6 Å². The largest absolute Gasteiger partial charge is 0.455 e. The second kappa shape index (κ2) is 13.6. The van der Waals surface area contributed by atoms with Gasteiger partial charge < -0.3 is 14.1 Å². The zero-order chi connectivity index (χ0) is 45.0. The number of anilines is 5. The van der Waals surface area contributed by atoms with Gasteiger partial charge in [-0.3, -0.25) is 0 Å². The topological polar surface area (TPSA) is 19.6 Å². The van der Waals surface area contributed by atoms with E-state index < -0.39 is 0 Å². The van der Waals surface area contributed by atoms with E-state index in [1.165, 1.54) is 104 Å². The van der Waals surface area contributed by atoms with Crippen molar-refractivity contribution in [1.29, 1.82) is 0 Å². The smallest absolute Gasteiger partial charge is 0.343 e. The van der Waals surface area contributed by atoms with Crippen molar-refractivity contribution in [2.75, 3.05) is 9.71 Å². The molecule has 66 heavy (non-hydrogen) atoms. The molecule has 3 aliphatic rings. The Hall–Kier alpha value is -6.82. The van der Waals surface area contributed by atoms with E-state index in [0.717, 1.165) is 21.9 Å². The van der Waals surface area contributed by atoms with Crippen molar-refractivity contribution in [2.24, 2.45) is 0 Å². The number of nitrogens with zero attached hydrogens (tertiary/aromatic N) is 2. The van der Waals surface area contributed by atoms with Gasteiger partial charge in [0.15, 0.2) is 0 Å². The monoisotopic (exact) mass is 870 g/mol. The van der Waals surface area contributed by atoms with Gasteiger partial charge in [0.2, 0.25) is 0 Å². The van der Waals surface area contributed by atoms with E-state index in [2.05, 4.69) is 229 Å². The van der Waals surface area contributed by atoms with Gasteiger partial charge >= 0.3 is 6.85 Å². The normalized spacial score (nSPS) is 14.7. The Kier molecular flexibility index (Phi) is 8.16. The summed E-state index contributed by atoms with van der Waals surface area (Å²) in [6, 6.07) is 61.8. The zero-order valence-electron chi connectivity index (χ0n) is 38.9. The van der Waals surface area contributed by atoms with Crippen LogP contribution < -0.4 is 20.0 Å². The lowest BCUT2D eigenvalue weighted by Crippen LogP contribution is -2.60. The zero-order valence-corrected chi connectivity index (χ0v) is 39.7. The molecule has 0 atom stereocenters. The lowest BCUT2D eigenvalue weighted by Gasteiger charge is -2.45. The molecule has 0 amide bonds. The van der Waals surface area contributed by atoms with Gasteiger partial charge in [0, 0.05) is 64.8 Å². The fraction of sp³-hybridized carbons (Fsp3) is 0.180. The van der Waals surface area contributed by atoms with E-state index in [1.54, 1.807) is 0 Å². The number of rotatable bonds is 3. The number of para-hydroxylation sites is 1. The Labute approximate surface area is 392 Å². The first-order valence-corrected chi connectivity index (χ1v) is 24.3. The second-order valence-electron chi connectivity index (χ2n) is 21.3. The third kappa shape index (κ3) is 5.44. The summed E-state index contributed by atoms with van der Waals surface area (Å²) in [6.07, 6.45) is 0. The van der Waals surface area contributed by atoms with Crippen LogP contribution in [0.15, 0.2) is 168 Å². The van der Waals surface area contributed by atoms with Crippen LogP contribution in [-0.2, 0) is 16.2 Å². The maximum absolute atomic E-state index is 7.27. The molecule has 0 fully saturated rings. The minimum absolute atomic E-state index is 0.0180. The third-order valence-corrected chi connectivity index (χ3v) is 16.2. The number of fused-ring (bicyclic) bond motifs is 14. The first-order chi connectivity index (χ1) is 31.8. The molecule has 0 radical (unpaired) electrons. The summed E-state index contributed by atoms with van der Waals surface area (Å²) in [5.74, 6) is 0. The van der Waals surface area contributed by atoms with Gasteiger partial charge in [-0.25, -0.2) is 0 Å². The summed E-state index contributed by atoms with van der Waals surface area (Å²) in [4.78, 5) is 5.33. The van der Waals surface area contributed by atoms with Gasteiger partial charge in [0.1, 0.15) is 11.2 Å². The Morgan fingerprint density at radius 2 is 1.20 bits per heavy atom. The molecule has 2 aliphatic heterocycles. The van der Waals surface area contributed by atoms with Crippen molar-refractivity contribution in [3.8, 4) is 33.4 Å². The van der Waals surface area contributed by atoms with Gasteiger partial charge in [-0.2, -0.15) is 0 Å². The molecule has 2 aromatic heterocycles. The summed E-state index contributed by atoms with van der Waals surface area (Å²) in [6.45, 7) is 18.5. The average molecular weight is 871 g/mol.